The Kier molecular flexibility index (Phi) is 5.12. The third-order valence-electron chi connectivity index (χ3n) is 5.74. The lowest BCUT2D eigenvalue weighted by molar-refractivity contribution is 0.628. The number of para-hydroxylation sites is 2. The molecule has 1 N–H and O–H groups in total. The summed E-state index contributed by atoms with van der Waals surface area (Å²) < 4.78 is 18.9. The van der Waals surface area contributed by atoms with Gasteiger partial charge in [0.2, 0.25) is 0 Å². The smallest absolute Gasteiger partial charge is 0.181 e. The van der Waals surface area contributed by atoms with Gasteiger partial charge in [0.25, 0.3) is 0 Å². The Hall–Kier alpha value is -3.61. The maximum absolute atomic E-state index is 13.8. The number of rotatable bonds is 3. The maximum Gasteiger partial charge on any atom is 0.181 e. The van der Waals surface area contributed by atoms with E-state index in [1.165, 1.54) is 12.1 Å². The summed E-state index contributed by atoms with van der Waals surface area (Å²) in [7, 11) is 0. The van der Waals surface area contributed by atoms with Gasteiger partial charge in [-0.15, -0.1) is 0 Å². The number of nitrogens with zero attached hydrogens (tertiary/aromatic N) is 3. The topological polar surface area (TPSA) is 37.0 Å². The van der Waals surface area contributed by atoms with Gasteiger partial charge in [-0.1, -0.05) is 51.8 Å². The lowest BCUT2D eigenvalue weighted by Gasteiger charge is -2.07. The third-order valence-corrected chi connectivity index (χ3v) is 6.52. The highest BCUT2D eigenvalue weighted by Gasteiger charge is 2.21. The van der Waals surface area contributed by atoms with Crippen LogP contribution < -0.4 is 5.49 Å². The summed E-state index contributed by atoms with van der Waals surface area (Å²) in [5, 5.41) is 4.13. The molecule has 6 rings (SSSR count). The number of fused-ring (bicyclic) bond motifs is 3. The maximum atomic E-state index is 13.8. The molecule has 7 heteroatoms. The van der Waals surface area contributed by atoms with Gasteiger partial charge in [-0.2, -0.15) is 4.63 Å². The van der Waals surface area contributed by atoms with Gasteiger partial charge < -0.3 is 0 Å². The Labute approximate surface area is 207 Å². The van der Waals surface area contributed by atoms with Crippen molar-refractivity contribution in [1.82, 2.24) is 14.2 Å². The van der Waals surface area contributed by atoms with E-state index in [0.29, 0.717) is 5.02 Å². The predicted octanol–water partition coefficient (Wildman–Crippen LogP) is 7.64. The van der Waals surface area contributed by atoms with Gasteiger partial charge in [0.1, 0.15) is 5.82 Å². The van der Waals surface area contributed by atoms with E-state index in [1.54, 1.807) is 12.1 Å². The minimum atomic E-state index is -0.278. The van der Waals surface area contributed by atoms with Crippen LogP contribution >= 0.6 is 27.5 Å². The number of H-pyrrole nitrogens is 1. The molecule has 0 amide bonds. The Morgan fingerprint density at radius 2 is 1.47 bits per heavy atom. The van der Waals surface area contributed by atoms with Crippen LogP contribution in [-0.2, 0) is 0 Å². The summed E-state index contributed by atoms with van der Waals surface area (Å²) in [6, 6.07) is 30.2. The minimum absolute atomic E-state index is 0.278. The summed E-state index contributed by atoms with van der Waals surface area (Å²) in [6.07, 6.45) is 0. The van der Waals surface area contributed by atoms with Gasteiger partial charge >= 0.3 is 0 Å². The van der Waals surface area contributed by atoms with E-state index in [4.69, 9.17) is 16.6 Å². The zero-order valence-corrected chi connectivity index (χ0v) is 20.1. The van der Waals surface area contributed by atoms with Crippen molar-refractivity contribution in [3.05, 3.63) is 118 Å². The van der Waals surface area contributed by atoms with E-state index >= 15 is 0 Å². The Morgan fingerprint density at radius 3 is 2.21 bits per heavy atom. The zero-order chi connectivity index (χ0) is 23.2. The molecule has 0 unspecified atom stereocenters. The zero-order valence-electron chi connectivity index (χ0n) is 17.7. The Bertz CT molecular complexity index is 1710. The molecule has 0 bridgehead atoms. The third kappa shape index (κ3) is 3.56. The highest BCUT2D eigenvalue weighted by Crippen LogP contribution is 2.33. The molecule has 0 aliphatic heterocycles. The van der Waals surface area contributed by atoms with E-state index in [-0.39, 0.29) is 5.82 Å². The molecule has 2 aromatic heterocycles. The van der Waals surface area contributed by atoms with Crippen molar-refractivity contribution in [1.29, 1.82) is 0 Å². The summed E-state index contributed by atoms with van der Waals surface area (Å²) >= 11 is 9.64. The molecule has 34 heavy (non-hydrogen) atoms. The number of aromatic amines is 1. The van der Waals surface area contributed by atoms with E-state index in [1.807, 2.05) is 59.2 Å². The van der Waals surface area contributed by atoms with E-state index in [0.717, 1.165) is 49.1 Å². The largest absolute Gasteiger partial charge is 0.275 e. The molecule has 4 aromatic carbocycles. The number of hydrogen-bond donors (Lipinski definition) is 1. The van der Waals surface area contributed by atoms with E-state index in [2.05, 4.69) is 43.7 Å². The second-order valence-electron chi connectivity index (χ2n) is 7.90. The number of benzene rings is 4. The summed E-state index contributed by atoms with van der Waals surface area (Å²) in [6.45, 7) is 0. The molecule has 2 heterocycles. The predicted molar refractivity (Wildman–Crippen MR) is 138 cm³/mol. The fraction of sp³-hybridized carbons (Fsp3) is 0. The fourth-order valence-electron chi connectivity index (χ4n) is 4.21. The molecule has 0 atom stereocenters. The van der Waals surface area contributed by atoms with Crippen molar-refractivity contribution in [2.45, 2.75) is 0 Å². The first-order valence-corrected chi connectivity index (χ1v) is 11.8. The van der Waals surface area contributed by atoms with Crippen molar-refractivity contribution in [2.24, 2.45) is 4.99 Å². The summed E-state index contributed by atoms with van der Waals surface area (Å²) in [5.41, 5.74) is 7.14. The van der Waals surface area contributed by atoms with Crippen LogP contribution in [0.4, 0.5) is 10.1 Å². The van der Waals surface area contributed by atoms with Crippen LogP contribution in [0.25, 0.3) is 33.4 Å². The van der Waals surface area contributed by atoms with Crippen LogP contribution in [0.1, 0.15) is 0 Å². The molecule has 0 saturated heterocycles. The van der Waals surface area contributed by atoms with Gasteiger partial charge in [0.15, 0.2) is 5.49 Å². The Morgan fingerprint density at radius 1 is 0.794 bits per heavy atom. The second kappa shape index (κ2) is 8.31. The molecular weight excluding hydrogens is 515 g/mol. The summed E-state index contributed by atoms with van der Waals surface area (Å²) in [5.74, 6) is -0.278. The second-order valence-corrected chi connectivity index (χ2v) is 9.25. The van der Waals surface area contributed by atoms with Crippen molar-refractivity contribution in [3.63, 3.8) is 0 Å². The number of aromatic nitrogens is 3. The van der Waals surface area contributed by atoms with Crippen LogP contribution in [-0.4, -0.2) is 14.2 Å². The van der Waals surface area contributed by atoms with Gasteiger partial charge in [-0.25, -0.2) is 13.9 Å². The first-order chi connectivity index (χ1) is 16.6. The molecule has 166 valence electrons. The average Bonchev–Trinajstić information content (AvgIpc) is 3.37. The van der Waals surface area contributed by atoms with E-state index in [9.17, 15) is 4.39 Å². The quantitative estimate of drug-likeness (QED) is 0.244. The van der Waals surface area contributed by atoms with Gasteiger partial charge in [-0.05, 0) is 78.4 Å². The summed E-state index contributed by atoms with van der Waals surface area (Å²) in [4.78, 5) is 5.03. The molecule has 0 saturated carbocycles. The molecule has 0 radical (unpaired) electrons. The van der Waals surface area contributed by atoms with Crippen LogP contribution in [0.15, 0.2) is 107 Å². The van der Waals surface area contributed by atoms with Crippen LogP contribution in [0.3, 0.4) is 0 Å². The molecule has 0 fully saturated rings. The van der Waals surface area contributed by atoms with Crippen LogP contribution in [0.2, 0.25) is 5.02 Å². The van der Waals surface area contributed by atoms with E-state index < -0.39 is 0 Å². The highest BCUT2D eigenvalue weighted by molar-refractivity contribution is 9.10. The number of hydrogen-bond acceptors (Lipinski definition) is 1. The normalized spacial score (nSPS) is 12.1. The van der Waals surface area contributed by atoms with Crippen molar-refractivity contribution in [3.8, 4) is 22.4 Å². The van der Waals surface area contributed by atoms with Crippen molar-refractivity contribution >= 4 is 44.3 Å². The molecule has 0 spiro atoms. The van der Waals surface area contributed by atoms with Crippen molar-refractivity contribution in [2.75, 3.05) is 0 Å². The molecule has 4 nitrogen and oxygen atoms in total. The monoisotopic (exact) mass is 530 g/mol. The molecule has 0 aliphatic carbocycles. The van der Waals surface area contributed by atoms with Gasteiger partial charge in [-0.3, -0.25) is 5.10 Å². The van der Waals surface area contributed by atoms with Crippen molar-refractivity contribution < 1.29 is 4.39 Å². The fourth-order valence-corrected chi connectivity index (χ4v) is 4.60. The average molecular weight is 532 g/mol. The Balaban J connectivity index is 1.81. The molecule has 6 aromatic rings. The van der Waals surface area contributed by atoms with Crippen LogP contribution in [0.5, 0.6) is 0 Å². The molecule has 0 aliphatic rings. The standard InChI is InChI=1S/C27H17BrClFN4/c28-19-9-5-17(6-10-19)25-26(18-7-13-21(30)14-8-18)33-24-4-2-1-3-23(24)32-34(33)27(25)31-22-15-11-20(29)12-16-22/h1-16,32H. The SMILES string of the molecule is Fc1ccc(-c2c(-c3ccc(Br)cc3)c(=Nc3ccc(Cl)cc3)n3[nH]c4ccccc4n23)cc1. The van der Waals surface area contributed by atoms with Gasteiger partial charge in [0, 0.05) is 15.1 Å². The van der Waals surface area contributed by atoms with Gasteiger partial charge in [0.05, 0.1) is 28.0 Å². The number of halogens is 3. The minimum Gasteiger partial charge on any atom is -0.275 e. The first-order valence-electron chi connectivity index (χ1n) is 10.7. The highest BCUT2D eigenvalue weighted by atomic mass is 79.9. The lowest BCUT2D eigenvalue weighted by atomic mass is 10.0. The first kappa shape index (κ1) is 21.0. The molecular formula is C27H17BrClFN4. The van der Waals surface area contributed by atoms with Crippen LogP contribution in [0, 0.1) is 5.82 Å². The number of nitrogens with one attached hydrogen (secondary N) is 1. The lowest BCUT2D eigenvalue weighted by Crippen LogP contribution is -2.14.